The maximum absolute atomic E-state index is 12.4. The third-order valence-electron chi connectivity index (χ3n) is 4.16. The molecule has 0 aromatic heterocycles. The van der Waals surface area contributed by atoms with Gasteiger partial charge in [-0.3, -0.25) is 9.59 Å². The molecule has 0 atom stereocenters. The van der Waals surface area contributed by atoms with Crippen molar-refractivity contribution in [1.82, 2.24) is 4.90 Å². The van der Waals surface area contributed by atoms with E-state index in [1.165, 1.54) is 0 Å². The topological polar surface area (TPSA) is 58.6 Å². The van der Waals surface area contributed by atoms with Crippen molar-refractivity contribution in [3.8, 4) is 5.75 Å². The molecule has 2 aromatic carbocycles. The van der Waals surface area contributed by atoms with Crippen LogP contribution < -0.4 is 10.1 Å². The molecule has 2 aromatic rings. The Bertz CT molecular complexity index is 754. The third-order valence-corrected chi connectivity index (χ3v) is 4.16. The first-order valence-electron chi connectivity index (χ1n) is 8.98. The fraction of sp³-hybridized carbons (Fsp3) is 0.333. The molecule has 0 spiro atoms. The molecule has 0 aliphatic rings. The standard InChI is InChI=1S/C21H26N2O3/c1-4-16-10-7-8-13-19(16)26-15-20(24)22-18-12-9-11-17(14-18)21(25)23(5-2)6-3/h7-14H,4-6,15H2,1-3H3,(H,22,24). The number of aryl methyl sites for hydroxylation is 1. The number of ether oxygens (including phenoxy) is 1. The first-order chi connectivity index (χ1) is 12.6. The number of para-hydroxylation sites is 1. The molecule has 5 nitrogen and oxygen atoms in total. The molecule has 0 heterocycles. The van der Waals surface area contributed by atoms with E-state index in [1.807, 2.05) is 45.0 Å². The number of amides is 2. The van der Waals surface area contributed by atoms with Gasteiger partial charge in [0.25, 0.3) is 11.8 Å². The van der Waals surface area contributed by atoms with Gasteiger partial charge in [0.2, 0.25) is 0 Å². The van der Waals surface area contributed by atoms with E-state index in [-0.39, 0.29) is 18.4 Å². The number of carbonyl (C=O) groups excluding carboxylic acids is 2. The van der Waals surface area contributed by atoms with Crippen LogP contribution in [0.2, 0.25) is 0 Å². The molecular formula is C21H26N2O3. The van der Waals surface area contributed by atoms with Crippen molar-refractivity contribution in [2.45, 2.75) is 27.2 Å². The smallest absolute Gasteiger partial charge is 0.262 e. The highest BCUT2D eigenvalue weighted by atomic mass is 16.5. The quantitative estimate of drug-likeness (QED) is 0.785. The molecule has 0 saturated heterocycles. The van der Waals surface area contributed by atoms with Gasteiger partial charge in [-0.1, -0.05) is 31.2 Å². The van der Waals surface area contributed by atoms with Crippen LogP contribution in [-0.2, 0) is 11.2 Å². The summed E-state index contributed by atoms with van der Waals surface area (Å²) in [5.74, 6) is 0.415. The average molecular weight is 354 g/mol. The van der Waals surface area contributed by atoms with E-state index in [0.29, 0.717) is 24.3 Å². The van der Waals surface area contributed by atoms with Crippen LogP contribution in [0.15, 0.2) is 48.5 Å². The molecular weight excluding hydrogens is 328 g/mol. The number of nitrogens with zero attached hydrogens (tertiary/aromatic N) is 1. The number of carbonyl (C=O) groups is 2. The molecule has 0 aliphatic heterocycles. The van der Waals surface area contributed by atoms with Gasteiger partial charge in [0.05, 0.1) is 0 Å². The van der Waals surface area contributed by atoms with Gasteiger partial charge in [0, 0.05) is 24.3 Å². The van der Waals surface area contributed by atoms with Crippen LogP contribution in [-0.4, -0.2) is 36.4 Å². The summed E-state index contributed by atoms with van der Waals surface area (Å²) in [6.45, 7) is 7.15. The summed E-state index contributed by atoms with van der Waals surface area (Å²) in [4.78, 5) is 26.3. The van der Waals surface area contributed by atoms with Crippen molar-refractivity contribution in [1.29, 1.82) is 0 Å². The van der Waals surface area contributed by atoms with Crippen molar-refractivity contribution in [3.05, 3.63) is 59.7 Å². The van der Waals surface area contributed by atoms with Crippen molar-refractivity contribution in [2.24, 2.45) is 0 Å². The maximum Gasteiger partial charge on any atom is 0.262 e. The normalized spacial score (nSPS) is 10.3. The fourth-order valence-electron chi connectivity index (χ4n) is 2.70. The van der Waals surface area contributed by atoms with Gasteiger partial charge < -0.3 is 15.0 Å². The van der Waals surface area contributed by atoms with Gasteiger partial charge >= 0.3 is 0 Å². The Balaban J connectivity index is 1.99. The second kappa shape index (κ2) is 9.61. The molecule has 2 amide bonds. The minimum absolute atomic E-state index is 0.0424. The van der Waals surface area contributed by atoms with Gasteiger partial charge in [-0.05, 0) is 50.1 Å². The van der Waals surface area contributed by atoms with E-state index in [2.05, 4.69) is 5.32 Å². The molecule has 138 valence electrons. The number of nitrogens with one attached hydrogen (secondary N) is 1. The molecule has 5 heteroatoms. The molecule has 26 heavy (non-hydrogen) atoms. The first kappa shape index (κ1) is 19.5. The molecule has 1 N–H and O–H groups in total. The summed E-state index contributed by atoms with van der Waals surface area (Å²) in [5.41, 5.74) is 2.20. The lowest BCUT2D eigenvalue weighted by atomic mass is 10.1. The molecule has 0 saturated carbocycles. The average Bonchev–Trinajstić information content (AvgIpc) is 2.67. The molecule has 0 fully saturated rings. The van der Waals surface area contributed by atoms with Crippen molar-refractivity contribution < 1.29 is 14.3 Å². The summed E-state index contributed by atoms with van der Waals surface area (Å²) in [6, 6.07) is 14.6. The molecule has 0 aliphatic carbocycles. The SMILES string of the molecule is CCc1ccccc1OCC(=O)Nc1cccc(C(=O)N(CC)CC)c1. The number of hydrogen-bond donors (Lipinski definition) is 1. The van der Waals surface area contributed by atoms with Crippen LogP contribution in [0.25, 0.3) is 0 Å². The minimum atomic E-state index is -0.261. The monoisotopic (exact) mass is 354 g/mol. The van der Waals surface area contributed by atoms with Gasteiger partial charge in [-0.2, -0.15) is 0 Å². The lowest BCUT2D eigenvalue weighted by Gasteiger charge is -2.19. The van der Waals surface area contributed by atoms with Gasteiger partial charge in [-0.25, -0.2) is 0 Å². The number of rotatable bonds is 8. The molecule has 2 rings (SSSR count). The summed E-state index contributed by atoms with van der Waals surface area (Å²) in [7, 11) is 0. The lowest BCUT2D eigenvalue weighted by Crippen LogP contribution is -2.30. The zero-order valence-electron chi connectivity index (χ0n) is 15.6. The van der Waals surface area contributed by atoms with Crippen molar-refractivity contribution >= 4 is 17.5 Å². The van der Waals surface area contributed by atoms with Crippen LogP contribution in [0.5, 0.6) is 5.75 Å². The predicted molar refractivity (Wildman–Crippen MR) is 104 cm³/mol. The van der Waals surface area contributed by atoms with Crippen LogP contribution in [0.1, 0.15) is 36.7 Å². The van der Waals surface area contributed by atoms with Crippen LogP contribution in [0, 0.1) is 0 Å². The van der Waals surface area contributed by atoms with E-state index in [9.17, 15) is 9.59 Å². The van der Waals surface area contributed by atoms with E-state index in [4.69, 9.17) is 4.74 Å². The highest BCUT2D eigenvalue weighted by Crippen LogP contribution is 2.18. The highest BCUT2D eigenvalue weighted by molar-refractivity contribution is 5.97. The van der Waals surface area contributed by atoms with Gasteiger partial charge in [0.15, 0.2) is 6.61 Å². The Kier molecular flexibility index (Phi) is 7.21. The number of benzene rings is 2. The zero-order chi connectivity index (χ0) is 18.9. The summed E-state index contributed by atoms with van der Waals surface area (Å²) in [5, 5.41) is 2.79. The van der Waals surface area contributed by atoms with E-state index < -0.39 is 0 Å². The van der Waals surface area contributed by atoms with Crippen molar-refractivity contribution in [2.75, 3.05) is 25.0 Å². The van der Waals surface area contributed by atoms with Gasteiger partial charge in [-0.15, -0.1) is 0 Å². The Morgan fingerprint density at radius 3 is 2.42 bits per heavy atom. The van der Waals surface area contributed by atoms with Crippen LogP contribution in [0.3, 0.4) is 0 Å². The minimum Gasteiger partial charge on any atom is -0.483 e. The van der Waals surface area contributed by atoms with E-state index in [1.54, 1.807) is 29.2 Å². The predicted octanol–water partition coefficient (Wildman–Crippen LogP) is 3.75. The van der Waals surface area contributed by atoms with Crippen LogP contribution >= 0.6 is 0 Å². The maximum atomic E-state index is 12.4. The zero-order valence-corrected chi connectivity index (χ0v) is 15.6. The van der Waals surface area contributed by atoms with Crippen molar-refractivity contribution in [3.63, 3.8) is 0 Å². The van der Waals surface area contributed by atoms with E-state index in [0.717, 1.165) is 17.7 Å². The summed E-state index contributed by atoms with van der Waals surface area (Å²) >= 11 is 0. The summed E-state index contributed by atoms with van der Waals surface area (Å²) in [6.07, 6.45) is 0.841. The first-order valence-corrected chi connectivity index (χ1v) is 8.98. The Morgan fingerprint density at radius 1 is 1.00 bits per heavy atom. The fourth-order valence-corrected chi connectivity index (χ4v) is 2.70. The van der Waals surface area contributed by atoms with E-state index >= 15 is 0 Å². The van der Waals surface area contributed by atoms with Crippen LogP contribution in [0.4, 0.5) is 5.69 Å². The Morgan fingerprint density at radius 2 is 1.73 bits per heavy atom. The highest BCUT2D eigenvalue weighted by Gasteiger charge is 2.13. The Hall–Kier alpha value is -2.82. The van der Waals surface area contributed by atoms with Gasteiger partial charge in [0.1, 0.15) is 5.75 Å². The summed E-state index contributed by atoms with van der Waals surface area (Å²) < 4.78 is 5.63. The molecule has 0 unspecified atom stereocenters. The lowest BCUT2D eigenvalue weighted by molar-refractivity contribution is -0.118. The Labute approximate surface area is 155 Å². The number of anilines is 1. The third kappa shape index (κ3) is 5.09. The molecule has 0 radical (unpaired) electrons. The molecule has 0 bridgehead atoms. The second-order valence-corrected chi connectivity index (χ2v) is 5.86. The second-order valence-electron chi connectivity index (χ2n) is 5.86. The number of hydrogen-bond acceptors (Lipinski definition) is 3. The largest absolute Gasteiger partial charge is 0.483 e.